The number of urea groups is 1. The Morgan fingerprint density at radius 3 is 2.80 bits per heavy atom. The number of fused-ring (bicyclic) bond motifs is 3. The monoisotopic (exact) mass is 271 g/mol. The SMILES string of the molecule is CC(C)NC(=O)N1CCc2c(c3ccccc3n2C)C1. The van der Waals surface area contributed by atoms with Crippen LogP contribution in [0.25, 0.3) is 10.9 Å². The maximum Gasteiger partial charge on any atom is 0.317 e. The van der Waals surface area contributed by atoms with Crippen LogP contribution in [-0.2, 0) is 20.0 Å². The van der Waals surface area contributed by atoms with E-state index in [0.717, 1.165) is 13.0 Å². The van der Waals surface area contributed by atoms with Gasteiger partial charge < -0.3 is 14.8 Å². The number of carbonyl (C=O) groups is 1. The van der Waals surface area contributed by atoms with E-state index in [1.807, 2.05) is 18.7 Å². The van der Waals surface area contributed by atoms with Crippen molar-refractivity contribution >= 4 is 16.9 Å². The van der Waals surface area contributed by atoms with Crippen molar-refractivity contribution in [2.45, 2.75) is 32.9 Å². The highest BCUT2D eigenvalue weighted by atomic mass is 16.2. The van der Waals surface area contributed by atoms with Gasteiger partial charge in [-0.05, 0) is 19.9 Å². The first-order valence-corrected chi connectivity index (χ1v) is 7.18. The van der Waals surface area contributed by atoms with Crippen LogP contribution in [0.15, 0.2) is 24.3 Å². The molecular weight excluding hydrogens is 250 g/mol. The van der Waals surface area contributed by atoms with Crippen LogP contribution in [0, 0.1) is 0 Å². The normalized spacial score (nSPS) is 14.7. The Bertz CT molecular complexity index is 657. The van der Waals surface area contributed by atoms with E-state index in [1.54, 1.807) is 0 Å². The van der Waals surface area contributed by atoms with Crippen molar-refractivity contribution in [1.29, 1.82) is 0 Å². The third kappa shape index (κ3) is 2.05. The fraction of sp³-hybridized carbons (Fsp3) is 0.438. The molecule has 1 aliphatic heterocycles. The second kappa shape index (κ2) is 4.85. The summed E-state index contributed by atoms with van der Waals surface area (Å²) in [6.07, 6.45) is 0.923. The van der Waals surface area contributed by atoms with Crippen LogP contribution in [0.1, 0.15) is 25.1 Å². The fourth-order valence-corrected chi connectivity index (χ4v) is 3.04. The molecule has 0 aliphatic carbocycles. The molecule has 0 radical (unpaired) electrons. The van der Waals surface area contributed by atoms with Crippen LogP contribution < -0.4 is 5.32 Å². The molecule has 0 atom stereocenters. The fourth-order valence-electron chi connectivity index (χ4n) is 3.04. The second-order valence-corrected chi connectivity index (χ2v) is 5.78. The third-order valence-corrected chi connectivity index (χ3v) is 4.01. The number of amides is 2. The van der Waals surface area contributed by atoms with Gasteiger partial charge in [-0.25, -0.2) is 4.79 Å². The summed E-state index contributed by atoms with van der Waals surface area (Å²) in [4.78, 5) is 14.1. The lowest BCUT2D eigenvalue weighted by Crippen LogP contribution is -2.45. The summed E-state index contributed by atoms with van der Waals surface area (Å²) in [6, 6.07) is 8.65. The van der Waals surface area contributed by atoms with Crippen molar-refractivity contribution in [1.82, 2.24) is 14.8 Å². The van der Waals surface area contributed by atoms with Gasteiger partial charge in [0.2, 0.25) is 0 Å². The van der Waals surface area contributed by atoms with Crippen LogP contribution >= 0.6 is 0 Å². The summed E-state index contributed by atoms with van der Waals surface area (Å²) in [5, 5.41) is 4.25. The minimum Gasteiger partial charge on any atom is -0.347 e. The number of rotatable bonds is 1. The summed E-state index contributed by atoms with van der Waals surface area (Å²) in [6.45, 7) is 5.47. The molecule has 0 fully saturated rings. The molecule has 3 rings (SSSR count). The van der Waals surface area contributed by atoms with Crippen molar-refractivity contribution in [3.63, 3.8) is 0 Å². The van der Waals surface area contributed by atoms with E-state index in [9.17, 15) is 4.79 Å². The number of nitrogens with one attached hydrogen (secondary N) is 1. The van der Waals surface area contributed by atoms with Gasteiger partial charge in [0.05, 0.1) is 0 Å². The molecule has 1 aliphatic rings. The van der Waals surface area contributed by atoms with E-state index in [-0.39, 0.29) is 12.1 Å². The molecule has 1 aromatic heterocycles. The standard InChI is InChI=1S/C16H21N3O/c1-11(2)17-16(20)19-9-8-15-13(10-19)12-6-4-5-7-14(12)18(15)3/h4-7,11H,8-10H2,1-3H3,(H,17,20). The maximum absolute atomic E-state index is 12.2. The minimum absolute atomic E-state index is 0.0404. The van der Waals surface area contributed by atoms with Crippen LogP contribution in [0.2, 0.25) is 0 Å². The average molecular weight is 271 g/mol. The summed E-state index contributed by atoms with van der Waals surface area (Å²) >= 11 is 0. The van der Waals surface area contributed by atoms with Gasteiger partial charge in [-0.3, -0.25) is 0 Å². The van der Waals surface area contributed by atoms with Crippen molar-refractivity contribution in [3.05, 3.63) is 35.5 Å². The summed E-state index contributed by atoms with van der Waals surface area (Å²) < 4.78 is 2.27. The molecule has 4 nitrogen and oxygen atoms in total. The lowest BCUT2D eigenvalue weighted by atomic mass is 10.0. The Labute approximate surface area is 119 Å². The predicted molar refractivity (Wildman–Crippen MR) is 80.7 cm³/mol. The smallest absolute Gasteiger partial charge is 0.317 e. The Morgan fingerprint density at radius 1 is 1.30 bits per heavy atom. The van der Waals surface area contributed by atoms with Crippen LogP contribution in [-0.4, -0.2) is 28.1 Å². The van der Waals surface area contributed by atoms with Crippen LogP contribution in [0.3, 0.4) is 0 Å². The second-order valence-electron chi connectivity index (χ2n) is 5.78. The van der Waals surface area contributed by atoms with Crippen molar-refractivity contribution in [2.24, 2.45) is 7.05 Å². The predicted octanol–water partition coefficient (Wildman–Crippen LogP) is 2.65. The quantitative estimate of drug-likeness (QED) is 0.850. The van der Waals surface area contributed by atoms with E-state index in [2.05, 4.69) is 41.2 Å². The highest BCUT2D eigenvalue weighted by Crippen LogP contribution is 2.29. The van der Waals surface area contributed by atoms with E-state index < -0.39 is 0 Å². The van der Waals surface area contributed by atoms with Gasteiger partial charge in [0.15, 0.2) is 0 Å². The van der Waals surface area contributed by atoms with E-state index in [1.165, 1.54) is 22.2 Å². The zero-order valence-electron chi connectivity index (χ0n) is 12.3. The van der Waals surface area contributed by atoms with Gasteiger partial charge >= 0.3 is 6.03 Å². The third-order valence-electron chi connectivity index (χ3n) is 4.01. The largest absolute Gasteiger partial charge is 0.347 e. The molecule has 1 aromatic carbocycles. The topological polar surface area (TPSA) is 37.3 Å². The first kappa shape index (κ1) is 13.0. The average Bonchev–Trinajstić information content (AvgIpc) is 2.72. The van der Waals surface area contributed by atoms with Crippen LogP contribution in [0.4, 0.5) is 4.79 Å². The molecule has 1 N–H and O–H groups in total. The van der Waals surface area contributed by atoms with Crippen molar-refractivity contribution in [2.75, 3.05) is 6.54 Å². The molecular formula is C16H21N3O. The highest BCUT2D eigenvalue weighted by Gasteiger charge is 2.25. The van der Waals surface area contributed by atoms with Gasteiger partial charge in [0.25, 0.3) is 0 Å². The number of hydrogen-bond acceptors (Lipinski definition) is 1. The van der Waals surface area contributed by atoms with E-state index >= 15 is 0 Å². The number of nitrogens with zero attached hydrogens (tertiary/aromatic N) is 2. The summed E-state index contributed by atoms with van der Waals surface area (Å²) in [5.74, 6) is 0. The maximum atomic E-state index is 12.2. The Kier molecular flexibility index (Phi) is 3.16. The molecule has 106 valence electrons. The van der Waals surface area contributed by atoms with Gasteiger partial charge in [0, 0.05) is 54.8 Å². The molecule has 0 bridgehead atoms. The molecule has 2 aromatic rings. The number of aromatic nitrogens is 1. The molecule has 0 spiro atoms. The van der Waals surface area contributed by atoms with Crippen molar-refractivity contribution in [3.8, 4) is 0 Å². The number of para-hydroxylation sites is 1. The first-order chi connectivity index (χ1) is 9.58. The number of aryl methyl sites for hydroxylation is 1. The molecule has 2 amide bonds. The zero-order valence-corrected chi connectivity index (χ0v) is 12.3. The minimum atomic E-state index is 0.0404. The Hall–Kier alpha value is -1.97. The number of hydrogen-bond donors (Lipinski definition) is 1. The summed E-state index contributed by atoms with van der Waals surface area (Å²) in [7, 11) is 2.12. The number of carbonyl (C=O) groups excluding carboxylic acids is 1. The number of benzene rings is 1. The van der Waals surface area contributed by atoms with Crippen molar-refractivity contribution < 1.29 is 4.79 Å². The van der Waals surface area contributed by atoms with E-state index in [0.29, 0.717) is 6.54 Å². The Balaban J connectivity index is 1.95. The van der Waals surface area contributed by atoms with Crippen LogP contribution in [0.5, 0.6) is 0 Å². The zero-order chi connectivity index (χ0) is 14.3. The van der Waals surface area contributed by atoms with Gasteiger partial charge in [0.1, 0.15) is 0 Å². The first-order valence-electron chi connectivity index (χ1n) is 7.18. The molecule has 20 heavy (non-hydrogen) atoms. The Morgan fingerprint density at radius 2 is 2.05 bits per heavy atom. The molecule has 0 saturated heterocycles. The molecule has 2 heterocycles. The lowest BCUT2D eigenvalue weighted by molar-refractivity contribution is 0.189. The van der Waals surface area contributed by atoms with E-state index in [4.69, 9.17) is 0 Å². The lowest BCUT2D eigenvalue weighted by Gasteiger charge is -2.28. The highest BCUT2D eigenvalue weighted by molar-refractivity contribution is 5.86. The molecule has 4 heteroatoms. The molecule has 0 unspecified atom stereocenters. The molecule has 0 saturated carbocycles. The van der Waals surface area contributed by atoms with Gasteiger partial charge in [-0.2, -0.15) is 0 Å². The van der Waals surface area contributed by atoms with Gasteiger partial charge in [-0.1, -0.05) is 18.2 Å². The van der Waals surface area contributed by atoms with Gasteiger partial charge in [-0.15, -0.1) is 0 Å². The summed E-state index contributed by atoms with van der Waals surface area (Å²) in [5.41, 5.74) is 3.91.